The van der Waals surface area contributed by atoms with E-state index in [9.17, 15) is 4.79 Å². The number of nitrogens with one attached hydrogen (secondary N) is 1. The highest BCUT2D eigenvalue weighted by Gasteiger charge is 2.18. The van der Waals surface area contributed by atoms with Crippen LogP contribution in [-0.2, 0) is 25.9 Å². The van der Waals surface area contributed by atoms with E-state index < -0.39 is 0 Å². The molecule has 0 atom stereocenters. The van der Waals surface area contributed by atoms with Crippen molar-refractivity contribution < 1.29 is 0 Å². The molecule has 0 unspecified atom stereocenters. The van der Waals surface area contributed by atoms with Crippen LogP contribution in [0.15, 0.2) is 10.9 Å². The van der Waals surface area contributed by atoms with Gasteiger partial charge in [0.15, 0.2) is 0 Å². The van der Waals surface area contributed by atoms with Gasteiger partial charge in [-0.15, -0.1) is 0 Å². The van der Waals surface area contributed by atoms with Gasteiger partial charge in [0.2, 0.25) is 0 Å². The quantitative estimate of drug-likeness (QED) is 0.897. The summed E-state index contributed by atoms with van der Waals surface area (Å²) in [7, 11) is 0. The lowest BCUT2D eigenvalue weighted by molar-refractivity contribution is 0.474. The van der Waals surface area contributed by atoms with E-state index in [-0.39, 0.29) is 5.56 Å². The first kappa shape index (κ1) is 15.3. The van der Waals surface area contributed by atoms with Gasteiger partial charge in [0.05, 0.1) is 0 Å². The van der Waals surface area contributed by atoms with Crippen molar-refractivity contribution in [3.63, 3.8) is 0 Å². The number of nitrogens with zero attached hydrogens (tertiary/aromatic N) is 1. The maximum Gasteiger partial charge on any atom is 0.255 e. The van der Waals surface area contributed by atoms with Gasteiger partial charge < -0.3 is 9.88 Å². The highest BCUT2D eigenvalue weighted by Crippen LogP contribution is 2.21. The van der Waals surface area contributed by atoms with Gasteiger partial charge in [0, 0.05) is 30.4 Å². The van der Waals surface area contributed by atoms with Crippen molar-refractivity contribution in [1.82, 2.24) is 9.88 Å². The first-order chi connectivity index (χ1) is 9.49. The monoisotopic (exact) mass is 276 g/mol. The van der Waals surface area contributed by atoms with Gasteiger partial charge >= 0.3 is 0 Å². The zero-order chi connectivity index (χ0) is 14.7. The Morgan fingerprint density at radius 2 is 1.90 bits per heavy atom. The Balaban J connectivity index is 2.40. The van der Waals surface area contributed by atoms with Gasteiger partial charge in [0.1, 0.15) is 0 Å². The minimum atomic E-state index is 0.215. The van der Waals surface area contributed by atoms with E-state index in [1.165, 1.54) is 24.1 Å². The van der Waals surface area contributed by atoms with Crippen LogP contribution in [0, 0.1) is 5.92 Å². The highest BCUT2D eigenvalue weighted by molar-refractivity contribution is 5.29. The van der Waals surface area contributed by atoms with Crippen LogP contribution in [0.1, 0.15) is 57.4 Å². The Morgan fingerprint density at radius 3 is 2.55 bits per heavy atom. The van der Waals surface area contributed by atoms with Crippen molar-refractivity contribution in [2.45, 2.75) is 72.5 Å². The summed E-state index contributed by atoms with van der Waals surface area (Å²) in [6.07, 6.45) is 4.66. The summed E-state index contributed by atoms with van der Waals surface area (Å²) < 4.78 is 2.05. The fraction of sp³-hybridized carbons (Fsp3) is 0.706. The maximum absolute atomic E-state index is 12.7. The number of hydrogen-bond donors (Lipinski definition) is 1. The summed E-state index contributed by atoms with van der Waals surface area (Å²) in [6, 6.07) is 2.56. The summed E-state index contributed by atoms with van der Waals surface area (Å²) in [5.74, 6) is 0.507. The summed E-state index contributed by atoms with van der Waals surface area (Å²) in [5, 5.41) is 3.38. The lowest BCUT2D eigenvalue weighted by Gasteiger charge is -2.24. The van der Waals surface area contributed by atoms with Crippen molar-refractivity contribution in [2.75, 3.05) is 0 Å². The Labute approximate surface area is 122 Å². The van der Waals surface area contributed by atoms with Crippen LogP contribution >= 0.6 is 0 Å². The van der Waals surface area contributed by atoms with Gasteiger partial charge in [-0.25, -0.2) is 0 Å². The minimum Gasteiger partial charge on any atom is -0.312 e. The molecule has 0 radical (unpaired) electrons. The van der Waals surface area contributed by atoms with Crippen LogP contribution in [0.25, 0.3) is 0 Å². The Morgan fingerprint density at radius 1 is 1.20 bits per heavy atom. The molecule has 1 aliphatic carbocycles. The molecule has 3 heteroatoms. The predicted octanol–water partition coefficient (Wildman–Crippen LogP) is 2.88. The molecule has 0 bridgehead atoms. The van der Waals surface area contributed by atoms with E-state index in [0.717, 1.165) is 24.9 Å². The fourth-order valence-electron chi connectivity index (χ4n) is 2.94. The molecule has 1 heterocycles. The molecular weight excluding hydrogens is 248 g/mol. The van der Waals surface area contributed by atoms with Gasteiger partial charge in [0.25, 0.3) is 5.56 Å². The third-order valence-corrected chi connectivity index (χ3v) is 3.92. The summed E-state index contributed by atoms with van der Waals surface area (Å²) >= 11 is 0. The lowest BCUT2D eigenvalue weighted by Crippen LogP contribution is -2.34. The molecule has 2 rings (SSSR count). The largest absolute Gasteiger partial charge is 0.312 e. The molecular formula is C17H28N2O. The van der Waals surface area contributed by atoms with Crippen LogP contribution in [-0.4, -0.2) is 10.6 Å². The second kappa shape index (κ2) is 6.57. The summed E-state index contributed by atoms with van der Waals surface area (Å²) in [4.78, 5) is 12.7. The Hall–Kier alpha value is -1.09. The highest BCUT2D eigenvalue weighted by atomic mass is 16.1. The number of pyridine rings is 1. The summed E-state index contributed by atoms with van der Waals surface area (Å²) in [5.41, 5.74) is 3.84. The van der Waals surface area contributed by atoms with Crippen molar-refractivity contribution in [1.29, 1.82) is 0 Å². The van der Waals surface area contributed by atoms with Gasteiger partial charge in [-0.05, 0) is 43.2 Å². The van der Waals surface area contributed by atoms with E-state index in [1.54, 1.807) is 0 Å². The first-order valence-electron chi connectivity index (χ1n) is 7.97. The molecule has 0 aliphatic heterocycles. The SMILES string of the molecule is CC(C)Cn1c2c(cc(CNC(C)C)c1=O)CCCC2. The second-order valence-corrected chi connectivity index (χ2v) is 6.69. The molecule has 1 aliphatic rings. The molecule has 0 amide bonds. The van der Waals surface area contributed by atoms with Crippen molar-refractivity contribution in [3.05, 3.63) is 33.2 Å². The smallest absolute Gasteiger partial charge is 0.255 e. The average molecular weight is 276 g/mol. The van der Waals surface area contributed by atoms with Crippen LogP contribution < -0.4 is 10.9 Å². The fourth-order valence-corrected chi connectivity index (χ4v) is 2.94. The number of aryl methyl sites for hydroxylation is 1. The van der Waals surface area contributed by atoms with Crippen molar-refractivity contribution in [2.24, 2.45) is 5.92 Å². The van der Waals surface area contributed by atoms with Crippen LogP contribution in [0.3, 0.4) is 0 Å². The Bertz CT molecular complexity index is 514. The van der Waals surface area contributed by atoms with Gasteiger partial charge in [-0.3, -0.25) is 4.79 Å². The predicted molar refractivity (Wildman–Crippen MR) is 84.2 cm³/mol. The van der Waals surface area contributed by atoms with Crippen molar-refractivity contribution >= 4 is 0 Å². The molecule has 0 saturated carbocycles. The molecule has 0 fully saturated rings. The van der Waals surface area contributed by atoms with Gasteiger partial charge in [-0.2, -0.15) is 0 Å². The molecule has 0 aromatic carbocycles. The molecule has 1 N–H and O–H groups in total. The molecule has 20 heavy (non-hydrogen) atoms. The number of rotatable bonds is 5. The molecule has 3 nitrogen and oxygen atoms in total. The number of aromatic nitrogens is 1. The third-order valence-electron chi connectivity index (χ3n) is 3.92. The topological polar surface area (TPSA) is 34.0 Å². The van der Waals surface area contributed by atoms with E-state index in [1.807, 2.05) is 0 Å². The van der Waals surface area contributed by atoms with Crippen LogP contribution in [0.2, 0.25) is 0 Å². The van der Waals surface area contributed by atoms with Crippen LogP contribution in [0.4, 0.5) is 0 Å². The lowest BCUT2D eigenvalue weighted by atomic mass is 9.94. The Kier molecular flexibility index (Phi) is 5.03. The van der Waals surface area contributed by atoms with E-state index in [4.69, 9.17) is 0 Å². The van der Waals surface area contributed by atoms with Crippen molar-refractivity contribution in [3.8, 4) is 0 Å². The van der Waals surface area contributed by atoms with E-state index in [2.05, 4.69) is 43.6 Å². The first-order valence-corrected chi connectivity index (χ1v) is 7.97. The average Bonchev–Trinajstić information content (AvgIpc) is 2.39. The molecule has 1 aromatic rings. The minimum absolute atomic E-state index is 0.215. The van der Waals surface area contributed by atoms with E-state index in [0.29, 0.717) is 18.5 Å². The third kappa shape index (κ3) is 3.51. The molecule has 0 saturated heterocycles. The zero-order valence-corrected chi connectivity index (χ0v) is 13.3. The maximum atomic E-state index is 12.7. The molecule has 1 aromatic heterocycles. The standard InChI is InChI=1S/C17H28N2O/c1-12(2)11-19-16-8-6-5-7-14(16)9-15(17(19)20)10-18-13(3)4/h9,12-13,18H,5-8,10-11H2,1-4H3. The zero-order valence-electron chi connectivity index (χ0n) is 13.3. The number of hydrogen-bond acceptors (Lipinski definition) is 2. The normalized spacial score (nSPS) is 14.9. The summed E-state index contributed by atoms with van der Waals surface area (Å²) in [6.45, 7) is 10.1. The van der Waals surface area contributed by atoms with Crippen LogP contribution in [0.5, 0.6) is 0 Å². The number of fused-ring (bicyclic) bond motifs is 1. The van der Waals surface area contributed by atoms with Gasteiger partial charge in [-0.1, -0.05) is 27.7 Å². The van der Waals surface area contributed by atoms with E-state index >= 15 is 0 Å². The second-order valence-electron chi connectivity index (χ2n) is 6.69. The molecule has 0 spiro atoms. The molecule has 112 valence electrons.